The van der Waals surface area contributed by atoms with Crippen LogP contribution in [0, 0.1) is 13.8 Å². The molecule has 0 amide bonds. The SMILES string of the molecule is CN1CCCCC1.Cc1cn2nc(-c3ccc4c(=O)[nH]ncc4n3)cc(C)c2n1. The van der Waals surface area contributed by atoms with Gasteiger partial charge in [-0.25, -0.2) is 19.6 Å². The number of hydrogen-bond donors (Lipinski definition) is 1. The molecule has 1 N–H and O–H groups in total. The first-order chi connectivity index (χ1) is 14.0. The highest BCUT2D eigenvalue weighted by molar-refractivity contribution is 5.79. The molecule has 1 aliphatic heterocycles. The summed E-state index contributed by atoms with van der Waals surface area (Å²) >= 11 is 0. The second-order valence-corrected chi connectivity index (χ2v) is 7.56. The van der Waals surface area contributed by atoms with Gasteiger partial charge in [0.2, 0.25) is 0 Å². The van der Waals surface area contributed by atoms with Crippen LogP contribution in [0.4, 0.5) is 0 Å². The van der Waals surface area contributed by atoms with E-state index < -0.39 is 0 Å². The summed E-state index contributed by atoms with van der Waals surface area (Å²) in [5, 5.41) is 11.2. The largest absolute Gasteiger partial charge is 0.306 e. The fourth-order valence-electron chi connectivity index (χ4n) is 3.54. The third-order valence-electron chi connectivity index (χ3n) is 5.09. The Hall–Kier alpha value is -3.13. The van der Waals surface area contributed by atoms with Gasteiger partial charge in [0, 0.05) is 0 Å². The average molecular weight is 391 g/mol. The van der Waals surface area contributed by atoms with Crippen LogP contribution in [0.1, 0.15) is 30.5 Å². The predicted octanol–water partition coefficient (Wildman–Crippen LogP) is 2.75. The maximum absolute atomic E-state index is 11.7. The van der Waals surface area contributed by atoms with Gasteiger partial charge < -0.3 is 4.90 Å². The van der Waals surface area contributed by atoms with E-state index in [-0.39, 0.29) is 5.56 Å². The zero-order chi connectivity index (χ0) is 20.4. The predicted molar refractivity (Wildman–Crippen MR) is 113 cm³/mol. The number of piperidine rings is 1. The zero-order valence-corrected chi connectivity index (χ0v) is 17.0. The summed E-state index contributed by atoms with van der Waals surface area (Å²) in [6.45, 7) is 6.56. The van der Waals surface area contributed by atoms with Crippen molar-refractivity contribution in [2.45, 2.75) is 33.1 Å². The molecule has 8 heteroatoms. The van der Waals surface area contributed by atoms with E-state index in [2.05, 4.69) is 37.2 Å². The highest BCUT2D eigenvalue weighted by Gasteiger charge is 2.10. The molecular weight excluding hydrogens is 366 g/mol. The van der Waals surface area contributed by atoms with Gasteiger partial charge in [-0.3, -0.25) is 4.79 Å². The summed E-state index contributed by atoms with van der Waals surface area (Å²) in [4.78, 5) is 23.0. The molecule has 0 unspecified atom stereocenters. The van der Waals surface area contributed by atoms with E-state index in [4.69, 9.17) is 0 Å². The van der Waals surface area contributed by atoms with E-state index in [1.807, 2.05) is 26.1 Å². The fraction of sp³-hybridized carbons (Fsp3) is 0.381. The number of fused-ring (bicyclic) bond motifs is 2. The molecule has 4 aromatic rings. The van der Waals surface area contributed by atoms with Crippen LogP contribution in [0.15, 0.2) is 35.4 Å². The smallest absolute Gasteiger partial charge is 0.273 e. The third kappa shape index (κ3) is 4.17. The van der Waals surface area contributed by atoms with Crippen molar-refractivity contribution in [3.8, 4) is 11.4 Å². The number of aromatic amines is 1. The van der Waals surface area contributed by atoms with Gasteiger partial charge in [-0.1, -0.05) is 6.42 Å². The van der Waals surface area contributed by atoms with Crippen LogP contribution in [0.25, 0.3) is 27.9 Å². The monoisotopic (exact) mass is 391 g/mol. The summed E-state index contributed by atoms with van der Waals surface area (Å²) in [6.07, 6.45) is 7.68. The lowest BCUT2D eigenvalue weighted by Gasteiger charge is -2.20. The third-order valence-corrected chi connectivity index (χ3v) is 5.09. The van der Waals surface area contributed by atoms with Crippen molar-refractivity contribution in [1.29, 1.82) is 0 Å². The van der Waals surface area contributed by atoms with Crippen LogP contribution in [0.3, 0.4) is 0 Å². The number of rotatable bonds is 1. The van der Waals surface area contributed by atoms with Gasteiger partial charge in [-0.15, -0.1) is 0 Å². The van der Waals surface area contributed by atoms with Gasteiger partial charge in [0.15, 0.2) is 5.65 Å². The maximum atomic E-state index is 11.7. The molecule has 0 saturated carbocycles. The summed E-state index contributed by atoms with van der Waals surface area (Å²) in [5.74, 6) is 0. The molecule has 5 rings (SSSR count). The van der Waals surface area contributed by atoms with Crippen LogP contribution >= 0.6 is 0 Å². The molecular formula is C21H25N7O. The van der Waals surface area contributed by atoms with Crippen molar-refractivity contribution >= 4 is 16.6 Å². The Labute approximate surface area is 168 Å². The highest BCUT2D eigenvalue weighted by Crippen LogP contribution is 2.20. The summed E-state index contributed by atoms with van der Waals surface area (Å²) in [5.41, 5.74) is 4.48. The van der Waals surface area contributed by atoms with Crippen molar-refractivity contribution in [3.63, 3.8) is 0 Å². The standard InChI is InChI=1S/C15H12N6O.C6H13N/c1-8-5-12(20-21-7-9(2)17-14(8)21)11-4-3-10-13(18-11)6-16-19-15(10)22;1-7-5-3-2-4-6-7/h3-7H,1-2H3,(H,19,22);2-6H2,1H3. The first kappa shape index (κ1) is 19.2. The van der Waals surface area contributed by atoms with Crippen molar-refractivity contribution in [3.05, 3.63) is 52.2 Å². The first-order valence-corrected chi connectivity index (χ1v) is 9.88. The van der Waals surface area contributed by atoms with Crippen molar-refractivity contribution in [2.75, 3.05) is 20.1 Å². The molecule has 0 atom stereocenters. The second-order valence-electron chi connectivity index (χ2n) is 7.56. The fourth-order valence-corrected chi connectivity index (χ4v) is 3.54. The van der Waals surface area contributed by atoms with Crippen LogP contribution in [0.2, 0.25) is 0 Å². The molecule has 5 heterocycles. The van der Waals surface area contributed by atoms with Crippen molar-refractivity contribution < 1.29 is 0 Å². The van der Waals surface area contributed by atoms with E-state index in [9.17, 15) is 4.79 Å². The number of aryl methyl sites for hydroxylation is 2. The van der Waals surface area contributed by atoms with E-state index in [0.29, 0.717) is 16.6 Å². The Morgan fingerprint density at radius 2 is 1.83 bits per heavy atom. The molecule has 150 valence electrons. The van der Waals surface area contributed by atoms with Gasteiger partial charge >= 0.3 is 0 Å². The quantitative estimate of drug-likeness (QED) is 0.536. The van der Waals surface area contributed by atoms with Gasteiger partial charge in [-0.2, -0.15) is 10.2 Å². The van der Waals surface area contributed by atoms with Gasteiger partial charge in [0.1, 0.15) is 5.69 Å². The molecule has 8 nitrogen and oxygen atoms in total. The Bertz CT molecular complexity index is 1200. The van der Waals surface area contributed by atoms with Crippen molar-refractivity contribution in [2.24, 2.45) is 0 Å². The van der Waals surface area contributed by atoms with Crippen LogP contribution < -0.4 is 5.56 Å². The number of likely N-dealkylation sites (tertiary alicyclic amines) is 1. The van der Waals surface area contributed by atoms with Crippen LogP contribution in [0.5, 0.6) is 0 Å². The number of pyridine rings is 1. The lowest BCUT2D eigenvalue weighted by Crippen LogP contribution is -2.24. The number of nitrogens with one attached hydrogen (secondary N) is 1. The molecule has 0 aromatic carbocycles. The Morgan fingerprint density at radius 3 is 2.55 bits per heavy atom. The molecule has 1 aliphatic rings. The van der Waals surface area contributed by atoms with E-state index in [1.165, 1.54) is 38.5 Å². The molecule has 0 spiro atoms. The number of nitrogens with zero attached hydrogens (tertiary/aromatic N) is 6. The lowest BCUT2D eigenvalue weighted by atomic mass is 10.1. The minimum atomic E-state index is -0.249. The molecule has 1 saturated heterocycles. The Morgan fingerprint density at radius 1 is 1.03 bits per heavy atom. The van der Waals surface area contributed by atoms with E-state index in [0.717, 1.165) is 22.6 Å². The summed E-state index contributed by atoms with van der Waals surface area (Å²) in [6, 6.07) is 5.46. The number of H-pyrrole nitrogens is 1. The van der Waals surface area contributed by atoms with Gasteiger partial charge in [0.25, 0.3) is 5.56 Å². The topological polar surface area (TPSA) is 92.1 Å². The number of hydrogen-bond acceptors (Lipinski definition) is 6. The van der Waals surface area contributed by atoms with Crippen LogP contribution in [-0.4, -0.2) is 54.8 Å². The normalized spacial score (nSPS) is 14.7. The average Bonchev–Trinajstić information content (AvgIpc) is 3.10. The molecule has 1 fully saturated rings. The van der Waals surface area contributed by atoms with Gasteiger partial charge in [-0.05, 0) is 70.6 Å². The number of imidazole rings is 1. The van der Waals surface area contributed by atoms with Gasteiger partial charge in [0.05, 0.1) is 34.7 Å². The minimum Gasteiger partial charge on any atom is -0.306 e. The molecule has 29 heavy (non-hydrogen) atoms. The Kier molecular flexibility index (Phi) is 5.35. The number of aromatic nitrogens is 6. The zero-order valence-electron chi connectivity index (χ0n) is 17.0. The Balaban J connectivity index is 0.000000249. The van der Waals surface area contributed by atoms with Crippen LogP contribution in [-0.2, 0) is 0 Å². The first-order valence-electron chi connectivity index (χ1n) is 9.88. The molecule has 4 aromatic heterocycles. The summed E-state index contributed by atoms with van der Waals surface area (Å²) in [7, 11) is 2.19. The summed E-state index contributed by atoms with van der Waals surface area (Å²) < 4.78 is 1.75. The molecule has 0 radical (unpaired) electrons. The van der Waals surface area contributed by atoms with E-state index in [1.54, 1.807) is 16.6 Å². The minimum absolute atomic E-state index is 0.249. The highest BCUT2D eigenvalue weighted by atomic mass is 16.1. The van der Waals surface area contributed by atoms with E-state index >= 15 is 0 Å². The molecule has 0 aliphatic carbocycles. The van der Waals surface area contributed by atoms with Crippen molar-refractivity contribution in [1.82, 2.24) is 34.7 Å². The maximum Gasteiger partial charge on any atom is 0.273 e. The lowest BCUT2D eigenvalue weighted by molar-refractivity contribution is 0.277. The second kappa shape index (κ2) is 8.08. The molecule has 0 bridgehead atoms.